The number of piperidine rings is 1. The van der Waals surface area contributed by atoms with E-state index in [1.807, 2.05) is 40.1 Å². The summed E-state index contributed by atoms with van der Waals surface area (Å²) in [5.41, 5.74) is 1.43. The van der Waals surface area contributed by atoms with Gasteiger partial charge in [-0.25, -0.2) is 0 Å². The molecule has 0 saturated carbocycles. The van der Waals surface area contributed by atoms with E-state index in [-0.39, 0.29) is 35.9 Å². The number of rotatable bonds is 4. The lowest BCUT2D eigenvalue weighted by Gasteiger charge is -2.38. The molecule has 2 aromatic rings. The van der Waals surface area contributed by atoms with Crippen LogP contribution in [-0.2, 0) is 9.59 Å². The van der Waals surface area contributed by atoms with E-state index in [0.29, 0.717) is 56.5 Å². The largest absolute Gasteiger partial charge is 0.490 e. The van der Waals surface area contributed by atoms with E-state index in [2.05, 4.69) is 11.8 Å². The number of amides is 2. The van der Waals surface area contributed by atoms with E-state index in [0.717, 1.165) is 31.2 Å². The van der Waals surface area contributed by atoms with E-state index in [1.165, 1.54) is 0 Å². The third kappa shape index (κ3) is 5.96. The fourth-order valence-corrected chi connectivity index (χ4v) is 5.33. The molecule has 37 heavy (non-hydrogen) atoms. The van der Waals surface area contributed by atoms with E-state index in [9.17, 15) is 14.4 Å². The van der Waals surface area contributed by atoms with Gasteiger partial charge in [0.25, 0.3) is 5.91 Å². The summed E-state index contributed by atoms with van der Waals surface area (Å²) in [6.07, 6.45) is 3.85. The highest BCUT2D eigenvalue weighted by Crippen LogP contribution is 2.40. The van der Waals surface area contributed by atoms with Crippen LogP contribution in [0.5, 0.6) is 11.5 Å². The van der Waals surface area contributed by atoms with Crippen LogP contribution >= 0.6 is 0 Å². The fourth-order valence-electron chi connectivity index (χ4n) is 5.33. The Balaban J connectivity index is 1.09. The molecule has 0 aromatic heterocycles. The lowest BCUT2D eigenvalue weighted by Crippen LogP contribution is -2.44. The van der Waals surface area contributed by atoms with Crippen molar-refractivity contribution >= 4 is 17.6 Å². The normalized spacial score (nSPS) is 18.1. The number of hydrogen-bond donors (Lipinski definition) is 0. The van der Waals surface area contributed by atoms with Crippen molar-refractivity contribution in [2.75, 3.05) is 39.4 Å². The number of likely N-dealkylation sites (tertiary alicyclic amines) is 2. The minimum atomic E-state index is -0.141. The van der Waals surface area contributed by atoms with Crippen molar-refractivity contribution in [1.29, 1.82) is 0 Å². The van der Waals surface area contributed by atoms with Crippen molar-refractivity contribution < 1.29 is 23.9 Å². The number of carbonyl (C=O) groups is 3. The van der Waals surface area contributed by atoms with Crippen LogP contribution in [0.3, 0.4) is 0 Å². The smallest absolute Gasteiger partial charge is 0.298 e. The van der Waals surface area contributed by atoms with Crippen molar-refractivity contribution in [3.63, 3.8) is 0 Å². The molecule has 0 bridgehead atoms. The predicted molar refractivity (Wildman–Crippen MR) is 138 cm³/mol. The van der Waals surface area contributed by atoms with Gasteiger partial charge in [0, 0.05) is 62.5 Å². The molecule has 0 unspecified atom stereocenters. The maximum absolute atomic E-state index is 12.9. The quantitative estimate of drug-likeness (QED) is 0.473. The Morgan fingerprint density at radius 2 is 1.54 bits per heavy atom. The van der Waals surface area contributed by atoms with Crippen molar-refractivity contribution in [2.45, 2.75) is 38.5 Å². The highest BCUT2D eigenvalue weighted by molar-refractivity contribution is 5.98. The Morgan fingerprint density at radius 1 is 0.838 bits per heavy atom. The van der Waals surface area contributed by atoms with Crippen molar-refractivity contribution in [3.05, 3.63) is 59.7 Å². The molecule has 0 N–H and O–H groups in total. The topological polar surface area (TPSA) is 76.2 Å². The molecule has 0 radical (unpaired) electrons. The molecule has 0 atom stereocenters. The zero-order valence-electron chi connectivity index (χ0n) is 21.0. The van der Waals surface area contributed by atoms with Gasteiger partial charge in [-0.2, -0.15) is 0 Å². The number of ketones is 1. The number of ether oxygens (including phenoxy) is 2. The van der Waals surface area contributed by atoms with Gasteiger partial charge in [-0.15, -0.1) is 0 Å². The second-order valence-corrected chi connectivity index (χ2v) is 10.1. The van der Waals surface area contributed by atoms with Crippen molar-refractivity contribution in [1.82, 2.24) is 9.80 Å². The maximum Gasteiger partial charge on any atom is 0.298 e. The van der Waals surface area contributed by atoms with Crippen LogP contribution < -0.4 is 9.47 Å². The third-order valence-corrected chi connectivity index (χ3v) is 7.63. The average molecular weight is 501 g/mol. The molecular formula is C30H32N2O5. The van der Waals surface area contributed by atoms with Crippen LogP contribution in [0.4, 0.5) is 0 Å². The lowest BCUT2D eigenvalue weighted by atomic mass is 9.78. The van der Waals surface area contributed by atoms with Gasteiger partial charge in [0.15, 0.2) is 17.3 Å². The monoisotopic (exact) mass is 500 g/mol. The minimum Gasteiger partial charge on any atom is -0.490 e. The number of benzene rings is 2. The van der Waals surface area contributed by atoms with Gasteiger partial charge >= 0.3 is 0 Å². The number of Topliss-reactive ketones (excluding diaryl/α,β-unsaturated/α-hetero) is 1. The molecule has 7 heteroatoms. The summed E-state index contributed by atoms with van der Waals surface area (Å²) in [4.78, 5) is 41.9. The number of fused-ring (bicyclic) bond motifs is 1. The minimum absolute atomic E-state index is 0.0202. The highest BCUT2D eigenvalue weighted by Gasteiger charge is 2.42. The number of hydrogen-bond acceptors (Lipinski definition) is 5. The van der Waals surface area contributed by atoms with Crippen LogP contribution in [0, 0.1) is 17.3 Å². The van der Waals surface area contributed by atoms with Gasteiger partial charge in [-0.05, 0) is 55.0 Å². The van der Waals surface area contributed by atoms with Gasteiger partial charge in [0.1, 0.15) is 0 Å². The van der Waals surface area contributed by atoms with Crippen LogP contribution in [-0.4, -0.2) is 66.8 Å². The first-order valence-electron chi connectivity index (χ1n) is 13.1. The van der Waals surface area contributed by atoms with Gasteiger partial charge in [-0.3, -0.25) is 14.4 Å². The second kappa shape index (κ2) is 11.1. The molecule has 2 saturated heterocycles. The van der Waals surface area contributed by atoms with Gasteiger partial charge in [0.05, 0.1) is 13.2 Å². The summed E-state index contributed by atoms with van der Waals surface area (Å²) < 4.78 is 11.3. The summed E-state index contributed by atoms with van der Waals surface area (Å²) in [7, 11) is 0. The SMILES string of the molecule is O=C(CCC(=O)N1CCC2(CCN(C(=O)C#Cc3ccccc3)CC2)C1)c1ccc2c(c1)OCCCO2. The first-order valence-corrected chi connectivity index (χ1v) is 13.1. The molecule has 3 aliphatic heterocycles. The Hall–Kier alpha value is -3.79. The molecule has 2 aromatic carbocycles. The van der Waals surface area contributed by atoms with Crippen LogP contribution in [0.25, 0.3) is 0 Å². The summed E-state index contributed by atoms with van der Waals surface area (Å²) in [6, 6.07) is 14.7. The molecule has 3 aliphatic rings. The van der Waals surface area contributed by atoms with Crippen molar-refractivity contribution in [3.8, 4) is 23.3 Å². The molecule has 0 aliphatic carbocycles. The summed E-state index contributed by atoms with van der Waals surface area (Å²) in [6.45, 7) is 3.89. The zero-order chi connectivity index (χ0) is 25.7. The Labute approximate surface area is 217 Å². The average Bonchev–Trinajstić information content (AvgIpc) is 3.19. The standard InChI is InChI=1S/C30H32N2O5/c33-25(24-8-10-26-27(21-24)37-20-4-19-36-26)9-12-29(35)32-18-15-30(22-32)13-16-31(17-14-30)28(34)11-7-23-5-2-1-3-6-23/h1-3,5-6,8,10,21H,4,9,12-20,22H2. The summed E-state index contributed by atoms with van der Waals surface area (Å²) in [5, 5.41) is 0. The molecule has 1 spiro atoms. The van der Waals surface area contributed by atoms with Gasteiger partial charge < -0.3 is 19.3 Å². The third-order valence-electron chi connectivity index (χ3n) is 7.63. The van der Waals surface area contributed by atoms with Gasteiger partial charge in [0.2, 0.25) is 5.91 Å². The van der Waals surface area contributed by atoms with E-state index in [4.69, 9.17) is 9.47 Å². The van der Waals surface area contributed by atoms with E-state index in [1.54, 1.807) is 18.2 Å². The first kappa shape index (κ1) is 24.9. The number of carbonyl (C=O) groups excluding carboxylic acids is 3. The highest BCUT2D eigenvalue weighted by atomic mass is 16.5. The van der Waals surface area contributed by atoms with E-state index < -0.39 is 0 Å². The zero-order valence-corrected chi connectivity index (χ0v) is 21.0. The molecule has 7 nitrogen and oxygen atoms in total. The molecular weight excluding hydrogens is 468 g/mol. The summed E-state index contributed by atoms with van der Waals surface area (Å²) >= 11 is 0. The lowest BCUT2D eigenvalue weighted by molar-refractivity contribution is -0.131. The summed E-state index contributed by atoms with van der Waals surface area (Å²) in [5.74, 6) is 6.76. The molecule has 192 valence electrons. The molecule has 2 fully saturated rings. The van der Waals surface area contributed by atoms with E-state index >= 15 is 0 Å². The predicted octanol–water partition coefficient (Wildman–Crippen LogP) is 3.70. The fraction of sp³-hybridized carbons (Fsp3) is 0.433. The Kier molecular flexibility index (Phi) is 7.45. The molecule has 2 amide bonds. The van der Waals surface area contributed by atoms with Crippen molar-refractivity contribution in [2.24, 2.45) is 5.41 Å². The van der Waals surface area contributed by atoms with Crippen LogP contribution in [0.15, 0.2) is 48.5 Å². The molecule has 3 heterocycles. The van der Waals surface area contributed by atoms with Crippen LogP contribution in [0.1, 0.15) is 54.4 Å². The second-order valence-electron chi connectivity index (χ2n) is 10.1. The number of nitrogens with zero attached hydrogens (tertiary/aromatic N) is 2. The Bertz CT molecular complexity index is 1220. The first-order chi connectivity index (χ1) is 18.0. The maximum atomic E-state index is 12.9. The Morgan fingerprint density at radius 3 is 2.30 bits per heavy atom. The molecule has 5 rings (SSSR count). The van der Waals surface area contributed by atoms with Gasteiger partial charge in [-0.1, -0.05) is 24.1 Å². The van der Waals surface area contributed by atoms with Crippen LogP contribution in [0.2, 0.25) is 0 Å².